The van der Waals surface area contributed by atoms with Crippen LogP contribution in [-0.2, 0) is 4.74 Å². The van der Waals surface area contributed by atoms with E-state index in [9.17, 15) is 0 Å². The molecular weight excluding hydrogens is 222 g/mol. The molecule has 0 bridgehead atoms. The maximum absolute atomic E-state index is 5.64. The van der Waals surface area contributed by atoms with E-state index >= 15 is 0 Å². The lowest BCUT2D eigenvalue weighted by molar-refractivity contribution is 0.121. The van der Waals surface area contributed by atoms with Gasteiger partial charge in [0, 0.05) is 12.8 Å². The van der Waals surface area contributed by atoms with Gasteiger partial charge in [-0.2, -0.15) is 0 Å². The number of nitrogens with zero attached hydrogens (tertiary/aromatic N) is 1. The Kier molecular flexibility index (Phi) is 3.36. The molecule has 1 aliphatic rings. The lowest BCUT2D eigenvalue weighted by atomic mass is 10.1. The Morgan fingerprint density at radius 3 is 3.12 bits per heavy atom. The van der Waals surface area contributed by atoms with Crippen LogP contribution in [0.2, 0.25) is 0 Å². The van der Waals surface area contributed by atoms with Gasteiger partial charge in [-0.3, -0.25) is 0 Å². The quantitative estimate of drug-likeness (QED) is 0.776. The fourth-order valence-corrected chi connectivity index (χ4v) is 1.98. The summed E-state index contributed by atoms with van der Waals surface area (Å²) in [7, 11) is 0. The zero-order chi connectivity index (χ0) is 11.5. The molecule has 2 rings (SSSR count). The van der Waals surface area contributed by atoms with Gasteiger partial charge in [0.25, 0.3) is 0 Å². The Bertz CT molecular complexity index is 397. The minimum Gasteiger partial charge on any atom is -0.389 e. The molecule has 5 heteroatoms. The third-order valence-electron chi connectivity index (χ3n) is 2.77. The average Bonchev–Trinajstić information content (AvgIpc) is 2.65. The molecule has 2 heterocycles. The molecule has 2 atom stereocenters. The van der Waals surface area contributed by atoms with Crippen LogP contribution in [0.5, 0.6) is 0 Å². The largest absolute Gasteiger partial charge is 0.389 e. The van der Waals surface area contributed by atoms with E-state index < -0.39 is 0 Å². The van der Waals surface area contributed by atoms with Crippen molar-refractivity contribution in [1.82, 2.24) is 4.98 Å². The molecule has 0 radical (unpaired) electrons. The number of pyridine rings is 1. The summed E-state index contributed by atoms with van der Waals surface area (Å²) < 4.78 is 5.48. The first-order valence-corrected chi connectivity index (χ1v) is 5.72. The molecule has 0 amide bonds. The standard InChI is InChI=1S/C11H15N3OS/c1-7-9(4-6-15-7)14-11-8(10(12)16)3-2-5-13-11/h2-3,5,7,9H,4,6H2,1H3,(H2,12,16)(H,13,14). The minimum atomic E-state index is 0.196. The van der Waals surface area contributed by atoms with Crippen LogP contribution in [0, 0.1) is 0 Å². The number of anilines is 1. The lowest BCUT2D eigenvalue weighted by Gasteiger charge is -2.18. The van der Waals surface area contributed by atoms with Crippen molar-refractivity contribution >= 4 is 23.0 Å². The van der Waals surface area contributed by atoms with Crippen LogP contribution in [0.3, 0.4) is 0 Å². The summed E-state index contributed by atoms with van der Waals surface area (Å²) in [6.45, 7) is 2.84. The summed E-state index contributed by atoms with van der Waals surface area (Å²) in [5.41, 5.74) is 6.43. The topological polar surface area (TPSA) is 60.2 Å². The van der Waals surface area contributed by atoms with Gasteiger partial charge in [0.2, 0.25) is 0 Å². The molecule has 0 aromatic carbocycles. The maximum atomic E-state index is 5.64. The molecule has 3 N–H and O–H groups in total. The molecule has 4 nitrogen and oxygen atoms in total. The molecule has 1 aromatic heterocycles. The van der Waals surface area contributed by atoms with Crippen LogP contribution in [0.1, 0.15) is 18.9 Å². The number of thiocarbonyl (C=S) groups is 1. The first kappa shape index (κ1) is 11.3. The smallest absolute Gasteiger partial charge is 0.136 e. The van der Waals surface area contributed by atoms with Crippen molar-refractivity contribution in [2.24, 2.45) is 5.73 Å². The van der Waals surface area contributed by atoms with Gasteiger partial charge in [-0.1, -0.05) is 12.2 Å². The average molecular weight is 237 g/mol. The highest BCUT2D eigenvalue weighted by atomic mass is 32.1. The fourth-order valence-electron chi connectivity index (χ4n) is 1.82. The summed E-state index contributed by atoms with van der Waals surface area (Å²) in [6, 6.07) is 3.98. The summed E-state index contributed by atoms with van der Waals surface area (Å²) in [5.74, 6) is 0.748. The van der Waals surface area contributed by atoms with E-state index in [1.807, 2.05) is 19.1 Å². The summed E-state index contributed by atoms with van der Waals surface area (Å²) in [5, 5.41) is 3.34. The van der Waals surface area contributed by atoms with Gasteiger partial charge in [-0.15, -0.1) is 0 Å². The zero-order valence-corrected chi connectivity index (χ0v) is 9.96. The van der Waals surface area contributed by atoms with E-state index in [2.05, 4.69) is 10.3 Å². The third-order valence-corrected chi connectivity index (χ3v) is 2.99. The van der Waals surface area contributed by atoms with Crippen LogP contribution >= 0.6 is 12.2 Å². The van der Waals surface area contributed by atoms with Gasteiger partial charge in [-0.05, 0) is 25.5 Å². The van der Waals surface area contributed by atoms with E-state index in [4.69, 9.17) is 22.7 Å². The second-order valence-electron chi connectivity index (χ2n) is 3.88. The first-order valence-electron chi connectivity index (χ1n) is 5.31. The van der Waals surface area contributed by atoms with Crippen LogP contribution in [0.15, 0.2) is 18.3 Å². The van der Waals surface area contributed by atoms with Gasteiger partial charge < -0.3 is 15.8 Å². The minimum absolute atomic E-state index is 0.196. The number of rotatable bonds is 3. The zero-order valence-electron chi connectivity index (χ0n) is 9.14. The number of aromatic nitrogens is 1. The molecular formula is C11H15N3OS. The Labute approximate surface area is 100 Å². The monoisotopic (exact) mass is 237 g/mol. The van der Waals surface area contributed by atoms with Crippen LogP contribution in [0.25, 0.3) is 0 Å². The highest BCUT2D eigenvalue weighted by Crippen LogP contribution is 2.19. The highest BCUT2D eigenvalue weighted by molar-refractivity contribution is 7.80. The summed E-state index contributed by atoms with van der Waals surface area (Å²) in [4.78, 5) is 4.63. The maximum Gasteiger partial charge on any atom is 0.136 e. The number of nitrogens with two attached hydrogens (primary N) is 1. The summed E-state index contributed by atoms with van der Waals surface area (Å²) >= 11 is 4.99. The Hall–Kier alpha value is -1.20. The van der Waals surface area contributed by atoms with E-state index in [-0.39, 0.29) is 12.1 Å². The Morgan fingerprint density at radius 1 is 1.69 bits per heavy atom. The second-order valence-corrected chi connectivity index (χ2v) is 4.32. The van der Waals surface area contributed by atoms with Gasteiger partial charge in [0.1, 0.15) is 10.8 Å². The lowest BCUT2D eigenvalue weighted by Crippen LogP contribution is -2.28. The number of ether oxygens (including phenoxy) is 1. The SMILES string of the molecule is CC1OCCC1Nc1ncccc1C(N)=S. The van der Waals surface area contributed by atoms with Crippen LogP contribution in [0.4, 0.5) is 5.82 Å². The highest BCUT2D eigenvalue weighted by Gasteiger charge is 2.25. The predicted octanol–water partition coefficient (Wildman–Crippen LogP) is 1.31. The van der Waals surface area contributed by atoms with E-state index in [0.29, 0.717) is 4.99 Å². The van der Waals surface area contributed by atoms with E-state index in [1.54, 1.807) is 6.20 Å². The van der Waals surface area contributed by atoms with Crippen molar-refractivity contribution in [2.75, 3.05) is 11.9 Å². The van der Waals surface area contributed by atoms with Gasteiger partial charge >= 0.3 is 0 Å². The van der Waals surface area contributed by atoms with E-state index in [0.717, 1.165) is 24.4 Å². The second kappa shape index (κ2) is 4.76. The van der Waals surface area contributed by atoms with Crippen molar-refractivity contribution in [3.8, 4) is 0 Å². The van der Waals surface area contributed by atoms with Crippen LogP contribution in [-0.4, -0.2) is 28.7 Å². The first-order chi connectivity index (χ1) is 7.68. The number of nitrogens with one attached hydrogen (secondary N) is 1. The molecule has 1 fully saturated rings. The van der Waals surface area contributed by atoms with Crippen molar-refractivity contribution in [2.45, 2.75) is 25.5 Å². The molecule has 16 heavy (non-hydrogen) atoms. The van der Waals surface area contributed by atoms with Crippen molar-refractivity contribution < 1.29 is 4.74 Å². The number of hydrogen-bond donors (Lipinski definition) is 2. The van der Waals surface area contributed by atoms with Gasteiger partial charge in [-0.25, -0.2) is 4.98 Å². The van der Waals surface area contributed by atoms with Crippen molar-refractivity contribution in [1.29, 1.82) is 0 Å². The predicted molar refractivity (Wildman–Crippen MR) is 67.6 cm³/mol. The summed E-state index contributed by atoms with van der Waals surface area (Å²) in [6.07, 6.45) is 2.90. The Balaban J connectivity index is 2.17. The molecule has 0 aliphatic carbocycles. The normalized spacial score (nSPS) is 24.3. The molecule has 1 aromatic rings. The van der Waals surface area contributed by atoms with Gasteiger partial charge in [0.15, 0.2) is 0 Å². The third kappa shape index (κ3) is 2.31. The molecule has 1 saturated heterocycles. The molecule has 1 aliphatic heterocycles. The number of hydrogen-bond acceptors (Lipinski definition) is 4. The van der Waals surface area contributed by atoms with Gasteiger partial charge in [0.05, 0.1) is 17.7 Å². The fraction of sp³-hybridized carbons (Fsp3) is 0.455. The molecule has 2 unspecified atom stereocenters. The van der Waals surface area contributed by atoms with Crippen molar-refractivity contribution in [3.63, 3.8) is 0 Å². The molecule has 0 saturated carbocycles. The Morgan fingerprint density at radius 2 is 2.50 bits per heavy atom. The van der Waals surface area contributed by atoms with Crippen LogP contribution < -0.4 is 11.1 Å². The molecule has 0 spiro atoms. The van der Waals surface area contributed by atoms with Crippen molar-refractivity contribution in [3.05, 3.63) is 23.9 Å². The van der Waals surface area contributed by atoms with E-state index in [1.165, 1.54) is 0 Å². The molecule has 86 valence electrons.